The van der Waals surface area contributed by atoms with Crippen molar-refractivity contribution in [3.8, 4) is 39.9 Å². The summed E-state index contributed by atoms with van der Waals surface area (Å²) in [5.74, 6) is 2.06. The number of methoxy groups -OCH3 is 3. The minimum absolute atomic E-state index is 0.240. The summed E-state index contributed by atoms with van der Waals surface area (Å²) in [6, 6.07) is 8.71. The summed E-state index contributed by atoms with van der Waals surface area (Å²) in [5, 5.41) is 0.657. The Morgan fingerprint density at radius 2 is 1.28 bits per heavy atom. The highest BCUT2D eigenvalue weighted by atomic mass is 16.6. The molecule has 0 unspecified atom stereocenters. The van der Waals surface area contributed by atoms with Gasteiger partial charge in [-0.05, 0) is 35.9 Å². The molecule has 1 aliphatic rings. The second-order valence-corrected chi connectivity index (χ2v) is 7.71. The Morgan fingerprint density at radius 3 is 1.86 bits per heavy atom. The summed E-state index contributed by atoms with van der Waals surface area (Å²) in [4.78, 5) is 13.1. The van der Waals surface area contributed by atoms with E-state index in [1.807, 2.05) is 0 Å². The lowest BCUT2D eigenvalue weighted by Gasteiger charge is -2.16. The first-order chi connectivity index (χ1) is 17.7. The van der Waals surface area contributed by atoms with Crippen LogP contribution in [0.4, 0.5) is 0 Å². The molecular formula is C26H30O10. The lowest BCUT2D eigenvalue weighted by atomic mass is 10.0. The van der Waals surface area contributed by atoms with E-state index in [4.69, 9.17) is 42.3 Å². The van der Waals surface area contributed by atoms with Gasteiger partial charge in [0, 0.05) is 5.39 Å². The fourth-order valence-electron chi connectivity index (χ4n) is 3.78. The molecule has 10 nitrogen and oxygen atoms in total. The Morgan fingerprint density at radius 1 is 0.694 bits per heavy atom. The van der Waals surface area contributed by atoms with Crippen LogP contribution in [0.1, 0.15) is 0 Å². The zero-order valence-corrected chi connectivity index (χ0v) is 20.6. The van der Waals surface area contributed by atoms with E-state index >= 15 is 0 Å². The molecule has 194 valence electrons. The molecule has 36 heavy (non-hydrogen) atoms. The van der Waals surface area contributed by atoms with Crippen LogP contribution in [0.3, 0.4) is 0 Å². The van der Waals surface area contributed by atoms with E-state index in [0.717, 1.165) is 0 Å². The molecule has 2 heterocycles. The molecule has 0 amide bonds. The molecule has 0 radical (unpaired) electrons. The van der Waals surface area contributed by atoms with Gasteiger partial charge in [0.2, 0.25) is 11.5 Å². The van der Waals surface area contributed by atoms with Crippen molar-refractivity contribution in [1.82, 2.24) is 0 Å². The van der Waals surface area contributed by atoms with Crippen LogP contribution in [0.5, 0.6) is 28.7 Å². The average molecular weight is 503 g/mol. The Labute approximate surface area is 208 Å². The number of rotatable bonds is 4. The quantitative estimate of drug-likeness (QED) is 0.494. The summed E-state index contributed by atoms with van der Waals surface area (Å²) in [7, 11) is 4.55. The van der Waals surface area contributed by atoms with Crippen LogP contribution in [-0.2, 0) is 14.2 Å². The van der Waals surface area contributed by atoms with Crippen LogP contribution in [-0.4, -0.2) is 74.2 Å². The van der Waals surface area contributed by atoms with Gasteiger partial charge in [0.15, 0.2) is 22.8 Å². The summed E-state index contributed by atoms with van der Waals surface area (Å²) < 4.78 is 50.3. The zero-order chi connectivity index (χ0) is 25.3. The second kappa shape index (κ2) is 12.5. The molecule has 0 fully saturated rings. The van der Waals surface area contributed by atoms with E-state index in [0.29, 0.717) is 91.5 Å². The van der Waals surface area contributed by atoms with Gasteiger partial charge in [-0.1, -0.05) is 0 Å². The van der Waals surface area contributed by atoms with Crippen molar-refractivity contribution >= 4 is 11.0 Å². The molecule has 2 aromatic carbocycles. The molecule has 1 aromatic heterocycles. The minimum Gasteiger partial charge on any atom is -0.493 e. The molecule has 1 aliphatic heterocycles. The van der Waals surface area contributed by atoms with Crippen molar-refractivity contribution in [1.29, 1.82) is 0 Å². The SMILES string of the molecule is COc1cc(-c2cc3ccc4c(c3oc2=O)OCCOCCOCCOCCO4)cc(OC)c1OC. The Kier molecular flexibility index (Phi) is 8.88. The maximum atomic E-state index is 13.1. The Balaban J connectivity index is 1.72. The average Bonchev–Trinajstić information content (AvgIpc) is 2.91. The number of fused-ring (bicyclic) bond motifs is 3. The zero-order valence-electron chi connectivity index (χ0n) is 20.6. The first-order valence-electron chi connectivity index (χ1n) is 11.6. The third-order valence-electron chi connectivity index (χ3n) is 5.50. The molecule has 0 N–H and O–H groups in total. The van der Waals surface area contributed by atoms with Crippen LogP contribution in [0, 0.1) is 0 Å². The summed E-state index contributed by atoms with van der Waals surface area (Å²) in [6.07, 6.45) is 0. The largest absolute Gasteiger partial charge is 0.493 e. The molecule has 0 aliphatic carbocycles. The van der Waals surface area contributed by atoms with E-state index in [2.05, 4.69) is 0 Å². The summed E-state index contributed by atoms with van der Waals surface area (Å²) in [6.45, 7) is 3.11. The first-order valence-corrected chi connectivity index (χ1v) is 11.6. The fraction of sp³-hybridized carbons (Fsp3) is 0.423. The molecule has 0 bridgehead atoms. The normalized spacial score (nSPS) is 15.5. The van der Waals surface area contributed by atoms with Gasteiger partial charge < -0.3 is 42.3 Å². The summed E-state index contributed by atoms with van der Waals surface area (Å²) >= 11 is 0. The van der Waals surface area contributed by atoms with E-state index < -0.39 is 5.63 Å². The topological polar surface area (TPSA) is 104 Å². The highest BCUT2D eigenvalue weighted by Gasteiger charge is 2.20. The molecule has 0 saturated carbocycles. The van der Waals surface area contributed by atoms with Gasteiger partial charge >= 0.3 is 5.63 Å². The monoisotopic (exact) mass is 502 g/mol. The first kappa shape index (κ1) is 25.6. The maximum absolute atomic E-state index is 13.1. The molecule has 0 spiro atoms. The lowest BCUT2D eigenvalue weighted by Crippen LogP contribution is -2.13. The van der Waals surface area contributed by atoms with E-state index in [1.165, 1.54) is 21.3 Å². The van der Waals surface area contributed by atoms with Gasteiger partial charge in [-0.15, -0.1) is 0 Å². The molecule has 0 atom stereocenters. The van der Waals surface area contributed by atoms with Crippen LogP contribution >= 0.6 is 0 Å². The molecule has 3 aromatic rings. The summed E-state index contributed by atoms with van der Waals surface area (Å²) in [5.41, 5.74) is 0.612. The van der Waals surface area contributed by atoms with Gasteiger partial charge in [0.25, 0.3) is 0 Å². The highest BCUT2D eigenvalue weighted by molar-refractivity contribution is 5.88. The standard InChI is InChI=1S/C26H30O10/c1-28-21-15-18(16-22(29-2)24(21)30-3)19-14-17-4-5-20-25(23(17)36-26(19)27)35-13-11-33-9-7-31-6-8-32-10-12-34-20/h4-5,14-16H,6-13H2,1-3H3. The second-order valence-electron chi connectivity index (χ2n) is 7.71. The smallest absolute Gasteiger partial charge is 0.344 e. The van der Waals surface area contributed by atoms with Crippen LogP contribution in [0.25, 0.3) is 22.1 Å². The number of ether oxygens (including phenoxy) is 8. The highest BCUT2D eigenvalue weighted by Crippen LogP contribution is 2.42. The van der Waals surface area contributed by atoms with Crippen molar-refractivity contribution in [2.75, 3.05) is 74.2 Å². The fourth-order valence-corrected chi connectivity index (χ4v) is 3.78. The lowest BCUT2D eigenvalue weighted by molar-refractivity contribution is 0.00709. The van der Waals surface area contributed by atoms with Crippen LogP contribution in [0.15, 0.2) is 39.5 Å². The van der Waals surface area contributed by atoms with Crippen LogP contribution in [0.2, 0.25) is 0 Å². The third-order valence-corrected chi connectivity index (χ3v) is 5.50. The predicted molar refractivity (Wildman–Crippen MR) is 131 cm³/mol. The molecular weight excluding hydrogens is 472 g/mol. The minimum atomic E-state index is -0.554. The molecule has 4 rings (SSSR count). The van der Waals surface area contributed by atoms with E-state index in [9.17, 15) is 4.79 Å². The number of benzene rings is 2. The van der Waals surface area contributed by atoms with Gasteiger partial charge in [-0.3, -0.25) is 0 Å². The number of hydrogen-bond donors (Lipinski definition) is 0. The van der Waals surface area contributed by atoms with E-state index in [-0.39, 0.29) is 12.2 Å². The molecule has 10 heteroatoms. The van der Waals surface area contributed by atoms with E-state index in [1.54, 1.807) is 30.3 Å². The van der Waals surface area contributed by atoms with Gasteiger partial charge in [0.05, 0.1) is 66.5 Å². The predicted octanol–water partition coefficient (Wildman–Crippen LogP) is 3.31. The molecule has 0 saturated heterocycles. The van der Waals surface area contributed by atoms with Crippen LogP contribution < -0.4 is 29.3 Å². The van der Waals surface area contributed by atoms with Gasteiger partial charge in [0.1, 0.15) is 13.2 Å². The Hall–Kier alpha value is -3.47. The third kappa shape index (κ3) is 5.84. The number of hydrogen-bond acceptors (Lipinski definition) is 10. The Bertz CT molecular complexity index is 1190. The van der Waals surface area contributed by atoms with Crippen molar-refractivity contribution in [3.63, 3.8) is 0 Å². The van der Waals surface area contributed by atoms with Crippen molar-refractivity contribution in [2.24, 2.45) is 0 Å². The van der Waals surface area contributed by atoms with Crippen molar-refractivity contribution in [2.45, 2.75) is 0 Å². The van der Waals surface area contributed by atoms with Gasteiger partial charge in [-0.2, -0.15) is 0 Å². The van der Waals surface area contributed by atoms with Crippen molar-refractivity contribution < 1.29 is 42.3 Å². The maximum Gasteiger partial charge on any atom is 0.344 e. The van der Waals surface area contributed by atoms with Gasteiger partial charge in [-0.25, -0.2) is 4.79 Å². The van der Waals surface area contributed by atoms with Crippen molar-refractivity contribution in [3.05, 3.63) is 40.8 Å².